The molecule has 0 atom stereocenters. The molecule has 118 valence electrons. The molecule has 2 rings (SSSR count). The van der Waals surface area contributed by atoms with Gasteiger partial charge in [0.15, 0.2) is 11.5 Å². The molecule has 3 nitrogen and oxygen atoms in total. The summed E-state index contributed by atoms with van der Waals surface area (Å²) < 4.78 is 11.2. The monoisotopic (exact) mass is 318 g/mol. The molecular weight excluding hydrogens is 298 g/mol. The van der Waals surface area contributed by atoms with Crippen LogP contribution in [0, 0.1) is 0 Å². The quantitative estimate of drug-likeness (QED) is 0.570. The van der Waals surface area contributed by atoms with E-state index < -0.39 is 0 Å². The Morgan fingerprint density at radius 3 is 2.50 bits per heavy atom. The lowest BCUT2D eigenvalue weighted by atomic mass is 10.2. The highest BCUT2D eigenvalue weighted by atomic mass is 35.5. The second-order valence-electron chi connectivity index (χ2n) is 4.68. The standard InChI is InChI=1S/C18H21NO2.ClH/c1-3-11-19-13-16-9-10-17(18(12-16)20-2)21-14-15-7-5-4-6-8-15;/h3-10,12,19H,1,11,13-14H2,2H3;1H/p-1. The number of methoxy groups -OCH3 is 1. The third kappa shape index (κ3) is 5.43. The normalized spacial score (nSPS) is 9.68. The minimum atomic E-state index is 0. The Bertz CT molecular complexity index is 573. The molecule has 0 bridgehead atoms. The molecule has 0 saturated heterocycles. The zero-order valence-corrected chi connectivity index (χ0v) is 13.5. The van der Waals surface area contributed by atoms with Crippen molar-refractivity contribution >= 4 is 0 Å². The Morgan fingerprint density at radius 2 is 1.82 bits per heavy atom. The minimum absolute atomic E-state index is 0. The molecule has 4 heteroatoms. The fourth-order valence-corrected chi connectivity index (χ4v) is 2.00. The summed E-state index contributed by atoms with van der Waals surface area (Å²) in [4.78, 5) is 0. The summed E-state index contributed by atoms with van der Waals surface area (Å²) in [6.07, 6.45) is 1.84. The van der Waals surface area contributed by atoms with Gasteiger partial charge in [0.1, 0.15) is 6.61 Å². The molecule has 0 amide bonds. The minimum Gasteiger partial charge on any atom is -1.00 e. The molecular formula is C18H21ClNO2-. The zero-order valence-electron chi connectivity index (χ0n) is 12.7. The summed E-state index contributed by atoms with van der Waals surface area (Å²) in [7, 11) is 1.66. The first kappa shape index (κ1) is 18.1. The molecule has 1 N–H and O–H groups in total. The van der Waals surface area contributed by atoms with Crippen molar-refractivity contribution in [2.75, 3.05) is 13.7 Å². The van der Waals surface area contributed by atoms with E-state index in [-0.39, 0.29) is 12.4 Å². The number of halogens is 1. The average molecular weight is 319 g/mol. The first-order valence-corrected chi connectivity index (χ1v) is 6.98. The van der Waals surface area contributed by atoms with Crippen LogP contribution in [0.3, 0.4) is 0 Å². The number of hydrogen-bond acceptors (Lipinski definition) is 3. The van der Waals surface area contributed by atoms with Crippen LogP contribution in [0.1, 0.15) is 11.1 Å². The fraction of sp³-hybridized carbons (Fsp3) is 0.222. The Labute approximate surface area is 138 Å². The molecule has 0 spiro atoms. The first-order chi connectivity index (χ1) is 10.3. The molecule has 0 radical (unpaired) electrons. The van der Waals surface area contributed by atoms with Crippen LogP contribution in [0.5, 0.6) is 11.5 Å². The molecule has 0 fully saturated rings. The van der Waals surface area contributed by atoms with Crippen molar-refractivity contribution in [2.45, 2.75) is 13.2 Å². The van der Waals surface area contributed by atoms with E-state index in [1.807, 2.05) is 54.6 Å². The van der Waals surface area contributed by atoms with Crippen LogP contribution in [0.4, 0.5) is 0 Å². The van der Waals surface area contributed by atoms with Crippen LogP contribution in [-0.2, 0) is 13.2 Å². The Balaban J connectivity index is 0.00000242. The van der Waals surface area contributed by atoms with E-state index in [1.165, 1.54) is 0 Å². The predicted molar refractivity (Wildman–Crippen MR) is 85.7 cm³/mol. The van der Waals surface area contributed by atoms with Crippen LogP contribution in [-0.4, -0.2) is 13.7 Å². The van der Waals surface area contributed by atoms with E-state index in [9.17, 15) is 0 Å². The SMILES string of the molecule is C=CCNCc1ccc(OCc2ccccc2)c(OC)c1.[Cl-]. The lowest BCUT2D eigenvalue weighted by Crippen LogP contribution is -3.00. The number of ether oxygens (including phenoxy) is 2. The summed E-state index contributed by atoms with van der Waals surface area (Å²) in [5.41, 5.74) is 2.29. The second kappa shape index (κ2) is 9.87. The molecule has 2 aromatic rings. The van der Waals surface area contributed by atoms with E-state index in [2.05, 4.69) is 11.9 Å². The van der Waals surface area contributed by atoms with Gasteiger partial charge in [-0.3, -0.25) is 0 Å². The highest BCUT2D eigenvalue weighted by molar-refractivity contribution is 5.43. The number of rotatable bonds is 8. The van der Waals surface area contributed by atoms with Crippen molar-refractivity contribution in [3.8, 4) is 11.5 Å². The highest BCUT2D eigenvalue weighted by Crippen LogP contribution is 2.28. The van der Waals surface area contributed by atoms with Gasteiger partial charge in [-0.25, -0.2) is 0 Å². The van der Waals surface area contributed by atoms with Crippen molar-refractivity contribution in [3.63, 3.8) is 0 Å². The van der Waals surface area contributed by atoms with Crippen molar-refractivity contribution in [3.05, 3.63) is 72.3 Å². The zero-order chi connectivity index (χ0) is 14.9. The van der Waals surface area contributed by atoms with Gasteiger partial charge in [0.25, 0.3) is 0 Å². The Hall–Kier alpha value is -1.97. The summed E-state index contributed by atoms with van der Waals surface area (Å²) in [5, 5.41) is 3.27. The molecule has 0 aliphatic rings. The summed E-state index contributed by atoms with van der Waals surface area (Å²) >= 11 is 0. The van der Waals surface area contributed by atoms with Gasteiger partial charge >= 0.3 is 0 Å². The van der Waals surface area contributed by atoms with E-state index in [4.69, 9.17) is 9.47 Å². The van der Waals surface area contributed by atoms with Crippen LogP contribution in [0.15, 0.2) is 61.2 Å². The van der Waals surface area contributed by atoms with Gasteiger partial charge in [-0.05, 0) is 23.3 Å². The average Bonchev–Trinajstić information content (AvgIpc) is 2.54. The third-order valence-electron chi connectivity index (χ3n) is 3.08. The summed E-state index contributed by atoms with van der Waals surface area (Å²) in [6, 6.07) is 16.1. The van der Waals surface area contributed by atoms with Crippen molar-refractivity contribution < 1.29 is 21.9 Å². The van der Waals surface area contributed by atoms with Crippen molar-refractivity contribution in [1.82, 2.24) is 5.32 Å². The molecule has 0 saturated carbocycles. The van der Waals surface area contributed by atoms with E-state index in [1.54, 1.807) is 7.11 Å². The lowest BCUT2D eigenvalue weighted by molar-refractivity contribution is -0.00000486. The number of nitrogens with one attached hydrogen (secondary N) is 1. The van der Waals surface area contributed by atoms with Crippen molar-refractivity contribution in [1.29, 1.82) is 0 Å². The summed E-state index contributed by atoms with van der Waals surface area (Å²) in [6.45, 7) is 5.78. The van der Waals surface area contributed by atoms with Gasteiger partial charge in [-0.1, -0.05) is 42.5 Å². The van der Waals surface area contributed by atoms with Crippen LogP contribution < -0.4 is 27.2 Å². The molecule has 0 aliphatic heterocycles. The van der Waals surface area contributed by atoms with E-state index in [0.29, 0.717) is 6.61 Å². The summed E-state index contributed by atoms with van der Waals surface area (Å²) in [5.74, 6) is 1.51. The van der Waals surface area contributed by atoms with Gasteiger partial charge in [0, 0.05) is 13.1 Å². The maximum absolute atomic E-state index is 5.83. The smallest absolute Gasteiger partial charge is 0.161 e. The van der Waals surface area contributed by atoms with Gasteiger partial charge in [0.05, 0.1) is 7.11 Å². The lowest BCUT2D eigenvalue weighted by Gasteiger charge is -2.12. The third-order valence-corrected chi connectivity index (χ3v) is 3.08. The largest absolute Gasteiger partial charge is 1.00 e. The predicted octanol–water partition coefficient (Wildman–Crippen LogP) is 0.554. The van der Waals surface area contributed by atoms with Crippen LogP contribution >= 0.6 is 0 Å². The molecule has 22 heavy (non-hydrogen) atoms. The van der Waals surface area contributed by atoms with Crippen LogP contribution in [0.2, 0.25) is 0 Å². The highest BCUT2D eigenvalue weighted by Gasteiger charge is 2.06. The maximum atomic E-state index is 5.83. The molecule has 2 aromatic carbocycles. The van der Waals surface area contributed by atoms with Gasteiger partial charge in [-0.2, -0.15) is 0 Å². The second-order valence-corrected chi connectivity index (χ2v) is 4.68. The fourth-order valence-electron chi connectivity index (χ4n) is 2.00. The van der Waals surface area contributed by atoms with E-state index >= 15 is 0 Å². The number of hydrogen-bond donors (Lipinski definition) is 1. The maximum Gasteiger partial charge on any atom is 0.161 e. The van der Waals surface area contributed by atoms with Gasteiger partial charge in [-0.15, -0.1) is 6.58 Å². The molecule has 0 aliphatic carbocycles. The Morgan fingerprint density at radius 1 is 1.05 bits per heavy atom. The molecule has 0 aromatic heterocycles. The van der Waals surface area contributed by atoms with Crippen LogP contribution in [0.25, 0.3) is 0 Å². The van der Waals surface area contributed by atoms with Gasteiger partial charge in [0.2, 0.25) is 0 Å². The van der Waals surface area contributed by atoms with E-state index in [0.717, 1.165) is 35.7 Å². The van der Waals surface area contributed by atoms with Gasteiger partial charge < -0.3 is 27.2 Å². The molecule has 0 heterocycles. The number of benzene rings is 2. The molecule has 0 unspecified atom stereocenters. The van der Waals surface area contributed by atoms with Crippen molar-refractivity contribution in [2.24, 2.45) is 0 Å². The first-order valence-electron chi connectivity index (χ1n) is 6.98. The Kier molecular flexibility index (Phi) is 8.11. The topological polar surface area (TPSA) is 30.5 Å².